The molecular formula is C30H32F3N5O3. The van der Waals surface area contributed by atoms with E-state index in [9.17, 15) is 22.8 Å². The fraction of sp³-hybridized carbons (Fsp3) is 0.367. The summed E-state index contributed by atoms with van der Waals surface area (Å²) < 4.78 is 44.5. The van der Waals surface area contributed by atoms with Crippen molar-refractivity contribution in [1.29, 1.82) is 0 Å². The van der Waals surface area contributed by atoms with Gasteiger partial charge in [-0.1, -0.05) is 42.5 Å². The zero-order valence-electron chi connectivity index (χ0n) is 22.5. The molecule has 11 heteroatoms. The fourth-order valence-electron chi connectivity index (χ4n) is 5.11. The minimum absolute atomic E-state index is 0.130. The SMILES string of the molecule is O=C(Cc1ccc(N2CCN(C(=O)OCc3ccccc3)CC2)cc1)N[C@@H]1CCN(c2cncc(C(F)(F)F)c2)C1. The molecule has 0 bridgehead atoms. The number of nitrogens with zero attached hydrogens (tertiary/aromatic N) is 4. The first kappa shape index (κ1) is 28.3. The molecule has 3 heterocycles. The van der Waals surface area contributed by atoms with Gasteiger partial charge in [0.05, 0.1) is 23.9 Å². The lowest BCUT2D eigenvalue weighted by Gasteiger charge is -2.35. The molecule has 1 N–H and O–H groups in total. The average molecular weight is 568 g/mol. The lowest BCUT2D eigenvalue weighted by Crippen LogP contribution is -2.48. The van der Waals surface area contributed by atoms with Crippen LogP contribution >= 0.6 is 0 Å². The van der Waals surface area contributed by atoms with Crippen LogP contribution in [0.1, 0.15) is 23.1 Å². The lowest BCUT2D eigenvalue weighted by atomic mass is 10.1. The van der Waals surface area contributed by atoms with Crippen molar-refractivity contribution in [3.63, 3.8) is 0 Å². The van der Waals surface area contributed by atoms with Crippen molar-refractivity contribution in [1.82, 2.24) is 15.2 Å². The number of benzene rings is 2. The number of alkyl halides is 3. The van der Waals surface area contributed by atoms with Crippen LogP contribution in [0.15, 0.2) is 73.1 Å². The number of nitrogens with one attached hydrogen (secondary N) is 1. The van der Waals surface area contributed by atoms with Gasteiger partial charge in [0.2, 0.25) is 5.91 Å². The average Bonchev–Trinajstić information content (AvgIpc) is 3.45. The van der Waals surface area contributed by atoms with Crippen molar-refractivity contribution in [2.45, 2.75) is 31.7 Å². The number of carbonyl (C=O) groups excluding carboxylic acids is 2. The third kappa shape index (κ3) is 7.47. The predicted octanol–water partition coefficient (Wildman–Crippen LogP) is 4.50. The number of amides is 2. The lowest BCUT2D eigenvalue weighted by molar-refractivity contribution is -0.137. The number of hydrogen-bond acceptors (Lipinski definition) is 6. The first-order valence-electron chi connectivity index (χ1n) is 13.6. The molecule has 41 heavy (non-hydrogen) atoms. The van der Waals surface area contributed by atoms with Gasteiger partial charge in [-0.05, 0) is 35.7 Å². The van der Waals surface area contributed by atoms with Crippen LogP contribution in [0.4, 0.5) is 29.3 Å². The van der Waals surface area contributed by atoms with Gasteiger partial charge in [-0.2, -0.15) is 13.2 Å². The monoisotopic (exact) mass is 567 g/mol. The van der Waals surface area contributed by atoms with Gasteiger partial charge in [-0.25, -0.2) is 4.79 Å². The number of aromatic nitrogens is 1. The maximum Gasteiger partial charge on any atom is 0.417 e. The van der Waals surface area contributed by atoms with Crippen molar-refractivity contribution in [3.05, 3.63) is 89.7 Å². The molecule has 0 unspecified atom stereocenters. The highest BCUT2D eigenvalue weighted by Crippen LogP contribution is 2.31. The maximum atomic E-state index is 13.0. The molecule has 0 saturated carbocycles. The summed E-state index contributed by atoms with van der Waals surface area (Å²) in [5.41, 5.74) is 2.45. The number of ether oxygens (including phenoxy) is 1. The van der Waals surface area contributed by atoms with Crippen LogP contribution < -0.4 is 15.1 Å². The highest BCUT2D eigenvalue weighted by molar-refractivity contribution is 5.79. The van der Waals surface area contributed by atoms with Crippen molar-refractivity contribution in [3.8, 4) is 0 Å². The van der Waals surface area contributed by atoms with Crippen LogP contribution in [0.2, 0.25) is 0 Å². The molecule has 0 spiro atoms. The van der Waals surface area contributed by atoms with E-state index in [4.69, 9.17) is 4.74 Å². The third-order valence-electron chi connectivity index (χ3n) is 7.38. The van der Waals surface area contributed by atoms with Crippen molar-refractivity contribution in [2.24, 2.45) is 0 Å². The summed E-state index contributed by atoms with van der Waals surface area (Å²) in [5, 5.41) is 3.00. The van der Waals surface area contributed by atoms with Gasteiger partial charge in [0, 0.05) is 57.2 Å². The zero-order chi connectivity index (χ0) is 28.8. The summed E-state index contributed by atoms with van der Waals surface area (Å²) in [7, 11) is 0. The first-order valence-corrected chi connectivity index (χ1v) is 13.6. The molecule has 0 aliphatic carbocycles. The summed E-state index contributed by atoms with van der Waals surface area (Å²) >= 11 is 0. The van der Waals surface area contributed by atoms with Gasteiger partial charge in [-0.3, -0.25) is 9.78 Å². The molecule has 2 fully saturated rings. The van der Waals surface area contributed by atoms with Crippen LogP contribution in [0.3, 0.4) is 0 Å². The molecule has 5 rings (SSSR count). The summed E-state index contributed by atoms with van der Waals surface area (Å²) in [5.74, 6) is -0.130. The maximum absolute atomic E-state index is 13.0. The Bertz CT molecular complexity index is 1330. The van der Waals surface area contributed by atoms with E-state index in [1.807, 2.05) is 59.5 Å². The Kier molecular flexibility index (Phi) is 8.61. The normalized spacial score (nSPS) is 17.4. The summed E-state index contributed by atoms with van der Waals surface area (Å²) in [6, 6.07) is 18.3. The largest absolute Gasteiger partial charge is 0.445 e. The zero-order valence-corrected chi connectivity index (χ0v) is 22.5. The molecule has 2 aliphatic heterocycles. The van der Waals surface area contributed by atoms with Crippen LogP contribution in [0.25, 0.3) is 0 Å². The molecule has 2 saturated heterocycles. The predicted molar refractivity (Wildman–Crippen MR) is 149 cm³/mol. The molecule has 2 amide bonds. The summed E-state index contributed by atoms with van der Waals surface area (Å²) in [6.07, 6.45) is -1.68. The van der Waals surface area contributed by atoms with E-state index >= 15 is 0 Å². The van der Waals surface area contributed by atoms with Gasteiger partial charge < -0.3 is 24.8 Å². The van der Waals surface area contributed by atoms with Gasteiger partial charge in [0.1, 0.15) is 6.61 Å². The van der Waals surface area contributed by atoms with Gasteiger partial charge in [0.15, 0.2) is 0 Å². The number of carbonyl (C=O) groups is 2. The van der Waals surface area contributed by atoms with Crippen molar-refractivity contribution < 1.29 is 27.5 Å². The van der Waals surface area contributed by atoms with Crippen LogP contribution in [0.5, 0.6) is 0 Å². The van der Waals surface area contributed by atoms with E-state index in [1.165, 1.54) is 6.20 Å². The molecular weight excluding hydrogens is 535 g/mol. The molecule has 3 aromatic rings. The second-order valence-electron chi connectivity index (χ2n) is 10.3. The van der Waals surface area contributed by atoms with E-state index in [0.717, 1.165) is 29.1 Å². The molecule has 1 atom stereocenters. The smallest absolute Gasteiger partial charge is 0.417 e. The Morgan fingerprint density at radius 3 is 2.32 bits per heavy atom. The Balaban J connectivity index is 1.05. The molecule has 216 valence electrons. The Morgan fingerprint density at radius 2 is 1.61 bits per heavy atom. The van der Waals surface area contributed by atoms with Gasteiger partial charge in [-0.15, -0.1) is 0 Å². The van der Waals surface area contributed by atoms with Gasteiger partial charge >= 0.3 is 12.3 Å². The van der Waals surface area contributed by atoms with Crippen LogP contribution in [0, 0.1) is 0 Å². The standard InChI is InChI=1S/C30H32F3N5O3/c31-30(32,33)24-17-27(19-34-18-24)38-11-10-25(20-38)35-28(39)16-22-6-8-26(9-7-22)36-12-14-37(15-13-36)29(40)41-21-23-4-2-1-3-5-23/h1-9,17-19,25H,10-16,20-21H2,(H,35,39)/t25-/m1/s1. The quantitative estimate of drug-likeness (QED) is 0.453. The molecule has 8 nitrogen and oxygen atoms in total. The highest BCUT2D eigenvalue weighted by Gasteiger charge is 2.32. The van der Waals surface area contributed by atoms with Crippen molar-refractivity contribution in [2.75, 3.05) is 49.1 Å². The van der Waals surface area contributed by atoms with Crippen LogP contribution in [-0.4, -0.2) is 67.2 Å². The van der Waals surface area contributed by atoms with Crippen molar-refractivity contribution >= 4 is 23.4 Å². The second kappa shape index (κ2) is 12.5. The summed E-state index contributed by atoms with van der Waals surface area (Å²) in [6.45, 7) is 3.71. The number of rotatable bonds is 7. The highest BCUT2D eigenvalue weighted by atomic mass is 19.4. The van der Waals surface area contributed by atoms with Gasteiger partial charge in [0.25, 0.3) is 0 Å². The molecule has 0 radical (unpaired) electrons. The summed E-state index contributed by atoms with van der Waals surface area (Å²) in [4.78, 5) is 34.6. The van der Waals surface area contributed by atoms with E-state index in [1.54, 1.807) is 4.90 Å². The number of piperazine rings is 1. The topological polar surface area (TPSA) is 78.0 Å². The van der Waals surface area contributed by atoms with E-state index in [2.05, 4.69) is 15.2 Å². The minimum Gasteiger partial charge on any atom is -0.445 e. The number of pyridine rings is 1. The number of hydrogen-bond donors (Lipinski definition) is 1. The second-order valence-corrected chi connectivity index (χ2v) is 10.3. The number of anilines is 2. The third-order valence-corrected chi connectivity index (χ3v) is 7.38. The fourth-order valence-corrected chi connectivity index (χ4v) is 5.11. The molecule has 2 aromatic carbocycles. The minimum atomic E-state index is -4.45. The number of halogens is 3. The molecule has 1 aromatic heterocycles. The van der Waals surface area contributed by atoms with E-state index < -0.39 is 11.7 Å². The van der Waals surface area contributed by atoms with E-state index in [0.29, 0.717) is 51.4 Å². The Labute approximate surface area is 236 Å². The Hall–Kier alpha value is -4.28. The molecule has 2 aliphatic rings. The van der Waals surface area contributed by atoms with E-state index in [-0.39, 0.29) is 31.1 Å². The Morgan fingerprint density at radius 1 is 0.878 bits per heavy atom. The van der Waals surface area contributed by atoms with Crippen LogP contribution in [-0.2, 0) is 28.7 Å². The first-order chi connectivity index (χ1) is 19.7.